The lowest BCUT2D eigenvalue weighted by molar-refractivity contribution is 0.504. The molecule has 1 fully saturated rings. The first-order valence-corrected chi connectivity index (χ1v) is 6.85. The van der Waals surface area contributed by atoms with Gasteiger partial charge in [-0.2, -0.15) is 0 Å². The van der Waals surface area contributed by atoms with Crippen molar-refractivity contribution in [1.29, 1.82) is 0 Å². The Hall–Kier alpha value is -1.16. The van der Waals surface area contributed by atoms with Crippen LogP contribution in [0.3, 0.4) is 0 Å². The summed E-state index contributed by atoms with van der Waals surface area (Å²) in [6, 6.07) is 0. The van der Waals surface area contributed by atoms with Gasteiger partial charge in [-0.3, -0.25) is 4.40 Å². The molecule has 0 spiro atoms. The zero-order valence-electron chi connectivity index (χ0n) is 10.9. The lowest BCUT2D eigenvalue weighted by Crippen LogP contribution is -2.10. The molecule has 0 bridgehead atoms. The third-order valence-corrected chi connectivity index (χ3v) is 4.44. The SMILES string of the molecule is Cc1nc(Cl)c2nnc(C3CCCC3C)n2c1C. The first kappa shape index (κ1) is 11.9. The molecule has 18 heavy (non-hydrogen) atoms. The zero-order chi connectivity index (χ0) is 12.9. The molecule has 0 N–H and O–H groups in total. The Morgan fingerprint density at radius 3 is 2.67 bits per heavy atom. The van der Waals surface area contributed by atoms with E-state index in [4.69, 9.17) is 11.6 Å². The van der Waals surface area contributed by atoms with E-state index in [9.17, 15) is 0 Å². The Morgan fingerprint density at radius 2 is 2.00 bits per heavy atom. The van der Waals surface area contributed by atoms with Crippen molar-refractivity contribution < 1.29 is 0 Å². The van der Waals surface area contributed by atoms with Gasteiger partial charge in [-0.05, 0) is 32.6 Å². The standard InChI is InChI=1S/C13H17ClN4/c1-7-5-4-6-10(7)12-16-17-13-11(14)15-8(2)9(3)18(12)13/h7,10H,4-6H2,1-3H3. The van der Waals surface area contributed by atoms with Crippen LogP contribution in [0.25, 0.3) is 5.65 Å². The number of aryl methyl sites for hydroxylation is 2. The Kier molecular flexibility index (Phi) is 2.77. The molecule has 2 unspecified atom stereocenters. The smallest absolute Gasteiger partial charge is 0.198 e. The molecule has 2 aromatic heterocycles. The highest BCUT2D eigenvalue weighted by Gasteiger charge is 2.30. The maximum absolute atomic E-state index is 6.16. The Balaban J connectivity index is 2.25. The molecule has 5 heteroatoms. The van der Waals surface area contributed by atoms with Crippen molar-refractivity contribution >= 4 is 17.2 Å². The van der Waals surface area contributed by atoms with Crippen molar-refractivity contribution in [3.63, 3.8) is 0 Å². The van der Waals surface area contributed by atoms with Crippen molar-refractivity contribution in [2.75, 3.05) is 0 Å². The van der Waals surface area contributed by atoms with E-state index in [0.717, 1.165) is 17.2 Å². The van der Waals surface area contributed by atoms with Crippen LogP contribution in [0.1, 0.15) is 49.3 Å². The molecular formula is C13H17ClN4. The number of hydrogen-bond donors (Lipinski definition) is 0. The van der Waals surface area contributed by atoms with Gasteiger partial charge in [-0.25, -0.2) is 4.98 Å². The summed E-state index contributed by atoms with van der Waals surface area (Å²) in [6.07, 6.45) is 3.74. The Labute approximate surface area is 111 Å². The van der Waals surface area contributed by atoms with Crippen molar-refractivity contribution in [3.8, 4) is 0 Å². The highest BCUT2D eigenvalue weighted by molar-refractivity contribution is 6.32. The summed E-state index contributed by atoms with van der Waals surface area (Å²) in [7, 11) is 0. The number of rotatable bonds is 1. The van der Waals surface area contributed by atoms with Crippen LogP contribution in [-0.4, -0.2) is 19.6 Å². The normalized spacial score (nSPS) is 24.0. The topological polar surface area (TPSA) is 43.1 Å². The lowest BCUT2D eigenvalue weighted by Gasteiger charge is -2.15. The first-order valence-electron chi connectivity index (χ1n) is 6.47. The highest BCUT2D eigenvalue weighted by atomic mass is 35.5. The fraction of sp³-hybridized carbons (Fsp3) is 0.615. The largest absolute Gasteiger partial charge is 0.279 e. The molecule has 0 radical (unpaired) electrons. The second kappa shape index (κ2) is 4.19. The molecule has 2 atom stereocenters. The van der Waals surface area contributed by atoms with Crippen molar-refractivity contribution in [1.82, 2.24) is 19.6 Å². The van der Waals surface area contributed by atoms with Crippen LogP contribution in [0.15, 0.2) is 0 Å². The molecule has 0 aliphatic heterocycles. The number of halogens is 1. The van der Waals surface area contributed by atoms with Gasteiger partial charge < -0.3 is 0 Å². The molecular weight excluding hydrogens is 248 g/mol. The minimum atomic E-state index is 0.447. The molecule has 0 saturated heterocycles. The van der Waals surface area contributed by atoms with E-state index in [0.29, 0.717) is 22.6 Å². The van der Waals surface area contributed by atoms with E-state index in [1.807, 2.05) is 6.92 Å². The molecule has 1 saturated carbocycles. The quantitative estimate of drug-likeness (QED) is 0.794. The minimum absolute atomic E-state index is 0.447. The predicted molar refractivity (Wildman–Crippen MR) is 71.0 cm³/mol. The van der Waals surface area contributed by atoms with Crippen molar-refractivity contribution in [3.05, 3.63) is 22.4 Å². The Bertz CT molecular complexity index is 605. The first-order chi connectivity index (χ1) is 8.59. The number of fused-ring (bicyclic) bond motifs is 1. The molecule has 1 aliphatic carbocycles. The van der Waals surface area contributed by atoms with Gasteiger partial charge in [0.05, 0.1) is 5.69 Å². The van der Waals surface area contributed by atoms with Crippen molar-refractivity contribution in [2.45, 2.75) is 46.0 Å². The molecule has 0 amide bonds. The number of nitrogens with zero attached hydrogens (tertiary/aromatic N) is 4. The Morgan fingerprint density at radius 1 is 1.22 bits per heavy atom. The van der Waals surface area contributed by atoms with Crippen LogP contribution in [0.2, 0.25) is 5.15 Å². The fourth-order valence-corrected chi connectivity index (χ4v) is 3.22. The van der Waals surface area contributed by atoms with E-state index in [2.05, 4.69) is 33.4 Å². The third-order valence-electron chi connectivity index (χ3n) is 4.19. The average Bonchev–Trinajstić information content (AvgIpc) is 2.91. The van der Waals surface area contributed by atoms with Crippen molar-refractivity contribution in [2.24, 2.45) is 5.92 Å². The maximum atomic E-state index is 6.16. The van der Waals surface area contributed by atoms with E-state index >= 15 is 0 Å². The van der Waals surface area contributed by atoms with Gasteiger partial charge in [0.1, 0.15) is 5.82 Å². The van der Waals surface area contributed by atoms with Gasteiger partial charge in [0.25, 0.3) is 0 Å². The number of aromatic nitrogens is 4. The molecule has 3 rings (SSSR count). The summed E-state index contributed by atoms with van der Waals surface area (Å²) in [4.78, 5) is 4.30. The average molecular weight is 265 g/mol. The van der Waals surface area contributed by atoms with E-state index in [1.165, 1.54) is 19.3 Å². The lowest BCUT2D eigenvalue weighted by atomic mass is 9.97. The summed E-state index contributed by atoms with van der Waals surface area (Å²) >= 11 is 6.16. The fourth-order valence-electron chi connectivity index (χ4n) is 2.97. The minimum Gasteiger partial charge on any atom is -0.279 e. The second-order valence-corrected chi connectivity index (χ2v) is 5.66. The molecule has 1 aliphatic rings. The van der Waals surface area contributed by atoms with Gasteiger partial charge in [0.15, 0.2) is 10.8 Å². The molecule has 4 nitrogen and oxygen atoms in total. The van der Waals surface area contributed by atoms with Gasteiger partial charge in [0, 0.05) is 11.6 Å². The summed E-state index contributed by atoms with van der Waals surface area (Å²) in [6.45, 7) is 6.32. The van der Waals surface area contributed by atoms with Gasteiger partial charge in [-0.15, -0.1) is 10.2 Å². The summed E-state index contributed by atoms with van der Waals surface area (Å²) in [5.74, 6) is 2.22. The van der Waals surface area contributed by atoms with Crippen LogP contribution in [0.4, 0.5) is 0 Å². The van der Waals surface area contributed by atoms with E-state index in [1.54, 1.807) is 0 Å². The molecule has 2 heterocycles. The van der Waals surface area contributed by atoms with Crippen LogP contribution < -0.4 is 0 Å². The molecule has 2 aromatic rings. The second-order valence-electron chi connectivity index (χ2n) is 5.31. The predicted octanol–water partition coefficient (Wildman–Crippen LogP) is 3.30. The van der Waals surface area contributed by atoms with E-state index in [-0.39, 0.29) is 0 Å². The van der Waals surface area contributed by atoms with Crippen LogP contribution in [0.5, 0.6) is 0 Å². The van der Waals surface area contributed by atoms with Gasteiger partial charge in [0.2, 0.25) is 0 Å². The highest BCUT2D eigenvalue weighted by Crippen LogP contribution is 2.39. The van der Waals surface area contributed by atoms with E-state index < -0.39 is 0 Å². The zero-order valence-corrected chi connectivity index (χ0v) is 11.7. The summed E-state index contributed by atoms with van der Waals surface area (Å²) < 4.78 is 2.09. The molecule has 0 aromatic carbocycles. The summed E-state index contributed by atoms with van der Waals surface area (Å²) in [5.41, 5.74) is 2.72. The summed E-state index contributed by atoms with van der Waals surface area (Å²) in [5, 5.41) is 9.04. The molecule has 96 valence electrons. The maximum Gasteiger partial charge on any atom is 0.198 e. The number of hydrogen-bond acceptors (Lipinski definition) is 3. The van der Waals surface area contributed by atoms with Crippen LogP contribution >= 0.6 is 11.6 Å². The monoisotopic (exact) mass is 264 g/mol. The third kappa shape index (κ3) is 1.62. The van der Waals surface area contributed by atoms with Crippen LogP contribution in [0, 0.1) is 19.8 Å². The van der Waals surface area contributed by atoms with Gasteiger partial charge in [-0.1, -0.05) is 24.9 Å². The van der Waals surface area contributed by atoms with Crippen LogP contribution in [-0.2, 0) is 0 Å². The van der Waals surface area contributed by atoms with Gasteiger partial charge >= 0.3 is 0 Å².